The number of ether oxygens (including phenoxy) is 1. The van der Waals surface area contributed by atoms with Crippen molar-refractivity contribution in [2.45, 2.75) is 31.5 Å². The molecule has 9 heteroatoms. The number of carbonyl (C=O) groups is 1. The summed E-state index contributed by atoms with van der Waals surface area (Å²) in [5.74, 6) is -2.19. The van der Waals surface area contributed by atoms with E-state index in [2.05, 4.69) is 10.3 Å². The number of benzene rings is 1. The molecule has 4 atom stereocenters. The highest BCUT2D eigenvalue weighted by Crippen LogP contribution is 2.28. The fourth-order valence-corrected chi connectivity index (χ4v) is 2.67. The summed E-state index contributed by atoms with van der Waals surface area (Å²) >= 11 is 0. The van der Waals surface area contributed by atoms with Crippen LogP contribution in [0.2, 0.25) is 0 Å². The Morgan fingerprint density at radius 1 is 1.30 bits per heavy atom. The van der Waals surface area contributed by atoms with Crippen LogP contribution in [-0.4, -0.2) is 44.0 Å². The van der Waals surface area contributed by atoms with Crippen LogP contribution in [0.3, 0.4) is 0 Å². The molecule has 0 radical (unpaired) electrons. The van der Waals surface area contributed by atoms with Gasteiger partial charge in [0.15, 0.2) is 17.9 Å². The molecular weight excluding hydrogens is 357 g/mol. The number of halogens is 1. The van der Waals surface area contributed by atoms with E-state index in [1.807, 2.05) is 6.07 Å². The maximum absolute atomic E-state index is 14.3. The Bertz CT molecular complexity index is 915. The average molecular weight is 375 g/mol. The Hall–Kier alpha value is -2.88. The van der Waals surface area contributed by atoms with Crippen molar-refractivity contribution in [1.29, 1.82) is 0 Å². The van der Waals surface area contributed by atoms with E-state index < -0.39 is 47.8 Å². The molecule has 2 unspecified atom stereocenters. The number of aromatic nitrogens is 2. The molecular formula is C18H18FN3O5. The molecule has 1 aliphatic heterocycles. The maximum Gasteiger partial charge on any atom is 0.351 e. The second-order valence-electron chi connectivity index (χ2n) is 6.07. The molecule has 3 N–H and O–H groups in total. The molecule has 0 bridgehead atoms. The number of carbonyl (C=O) groups excluding carboxylic acids is 1. The summed E-state index contributed by atoms with van der Waals surface area (Å²) in [6.07, 6.45) is -1.15. The van der Waals surface area contributed by atoms with Crippen LogP contribution >= 0.6 is 0 Å². The van der Waals surface area contributed by atoms with Gasteiger partial charge in [0.2, 0.25) is 5.91 Å². The third-order valence-electron chi connectivity index (χ3n) is 4.13. The monoisotopic (exact) mass is 375 g/mol. The van der Waals surface area contributed by atoms with Crippen molar-refractivity contribution in [2.75, 3.05) is 5.32 Å². The lowest BCUT2D eigenvalue weighted by molar-refractivity contribution is -0.111. The van der Waals surface area contributed by atoms with Gasteiger partial charge in [-0.3, -0.25) is 9.36 Å². The molecule has 1 aromatic heterocycles. The molecule has 2 aromatic rings. The molecule has 0 saturated carbocycles. The summed E-state index contributed by atoms with van der Waals surface area (Å²) in [7, 11) is 0. The fraction of sp³-hybridized carbons (Fsp3) is 0.278. The van der Waals surface area contributed by atoms with Crippen LogP contribution in [0.25, 0.3) is 6.08 Å². The minimum absolute atomic E-state index is 0.542. The van der Waals surface area contributed by atoms with E-state index in [-0.39, 0.29) is 0 Å². The summed E-state index contributed by atoms with van der Waals surface area (Å²) in [6.45, 7) is 1.51. The quantitative estimate of drug-likeness (QED) is 0.677. The third kappa shape index (κ3) is 4.11. The minimum atomic E-state index is -1.41. The van der Waals surface area contributed by atoms with Crippen LogP contribution in [0.1, 0.15) is 18.7 Å². The first-order valence-electron chi connectivity index (χ1n) is 8.21. The Labute approximate surface area is 153 Å². The smallest absolute Gasteiger partial charge is 0.351 e. The number of aliphatic hydroxyl groups excluding tert-OH is 2. The maximum atomic E-state index is 14.3. The highest BCUT2D eigenvalue weighted by Gasteiger charge is 2.42. The number of hydrogen-bond acceptors (Lipinski definition) is 6. The van der Waals surface area contributed by atoms with E-state index in [4.69, 9.17) is 4.74 Å². The van der Waals surface area contributed by atoms with Crippen molar-refractivity contribution in [2.24, 2.45) is 0 Å². The largest absolute Gasteiger partial charge is 0.388 e. The number of nitrogens with zero attached hydrogens (tertiary/aromatic N) is 2. The van der Waals surface area contributed by atoms with Crippen LogP contribution in [0.5, 0.6) is 0 Å². The van der Waals surface area contributed by atoms with Crippen molar-refractivity contribution in [3.63, 3.8) is 0 Å². The number of nitrogens with one attached hydrogen (secondary N) is 1. The summed E-state index contributed by atoms with van der Waals surface area (Å²) < 4.78 is 20.3. The summed E-state index contributed by atoms with van der Waals surface area (Å²) in [4.78, 5) is 27.6. The van der Waals surface area contributed by atoms with Gasteiger partial charge in [0.25, 0.3) is 0 Å². The first kappa shape index (κ1) is 18.9. The van der Waals surface area contributed by atoms with Gasteiger partial charge in [-0.05, 0) is 18.6 Å². The zero-order valence-corrected chi connectivity index (χ0v) is 14.3. The zero-order valence-electron chi connectivity index (χ0n) is 14.3. The third-order valence-corrected chi connectivity index (χ3v) is 4.13. The number of aliphatic hydroxyl groups is 2. The van der Waals surface area contributed by atoms with Crippen LogP contribution < -0.4 is 11.0 Å². The highest BCUT2D eigenvalue weighted by molar-refractivity contribution is 6.01. The summed E-state index contributed by atoms with van der Waals surface area (Å²) in [5.41, 5.74) is -0.166. The van der Waals surface area contributed by atoms with E-state index in [1.165, 1.54) is 19.1 Å². The lowest BCUT2D eigenvalue weighted by atomic mass is 10.1. The predicted molar refractivity (Wildman–Crippen MR) is 94.2 cm³/mol. The van der Waals surface area contributed by atoms with Crippen molar-refractivity contribution in [3.05, 3.63) is 64.5 Å². The number of rotatable bonds is 4. The van der Waals surface area contributed by atoms with Gasteiger partial charge in [-0.25, -0.2) is 9.18 Å². The van der Waals surface area contributed by atoms with E-state index in [0.29, 0.717) is 0 Å². The Morgan fingerprint density at radius 2 is 2.00 bits per heavy atom. The Morgan fingerprint density at radius 3 is 2.63 bits per heavy atom. The molecule has 1 fully saturated rings. The number of hydrogen-bond donors (Lipinski definition) is 3. The number of anilines is 1. The number of amides is 1. The van der Waals surface area contributed by atoms with Crippen LogP contribution in [0.4, 0.5) is 10.2 Å². The minimum Gasteiger partial charge on any atom is -0.388 e. The highest BCUT2D eigenvalue weighted by atomic mass is 19.1. The molecule has 3 rings (SSSR count). The van der Waals surface area contributed by atoms with Gasteiger partial charge >= 0.3 is 5.69 Å². The van der Waals surface area contributed by atoms with Crippen LogP contribution in [-0.2, 0) is 9.53 Å². The van der Waals surface area contributed by atoms with Gasteiger partial charge in [0.05, 0.1) is 12.3 Å². The van der Waals surface area contributed by atoms with Crippen molar-refractivity contribution < 1.29 is 24.1 Å². The zero-order chi connectivity index (χ0) is 19.6. The van der Waals surface area contributed by atoms with Gasteiger partial charge in [-0.15, -0.1) is 0 Å². The second-order valence-corrected chi connectivity index (χ2v) is 6.07. The first-order valence-corrected chi connectivity index (χ1v) is 8.21. The van der Waals surface area contributed by atoms with Crippen LogP contribution in [0.15, 0.2) is 47.4 Å². The van der Waals surface area contributed by atoms with E-state index in [9.17, 15) is 24.2 Å². The molecule has 1 aromatic carbocycles. The molecule has 1 aliphatic rings. The molecule has 1 saturated heterocycles. The molecule has 1 amide bonds. The lowest BCUT2D eigenvalue weighted by Gasteiger charge is -2.17. The van der Waals surface area contributed by atoms with Gasteiger partial charge in [0, 0.05) is 6.08 Å². The Kier molecular flexibility index (Phi) is 5.45. The van der Waals surface area contributed by atoms with Crippen molar-refractivity contribution in [3.8, 4) is 0 Å². The topological polar surface area (TPSA) is 114 Å². The SMILES string of the molecule is C[C@H]1O[C@@H](n2cc(F)c(NC(=O)/C=C/c3ccccc3)nc2=O)C(O)C1O. The van der Waals surface area contributed by atoms with Gasteiger partial charge in [-0.1, -0.05) is 30.3 Å². The molecule has 0 aliphatic carbocycles. The molecule has 27 heavy (non-hydrogen) atoms. The molecule has 142 valence electrons. The van der Waals surface area contributed by atoms with E-state index in [0.717, 1.165) is 16.3 Å². The van der Waals surface area contributed by atoms with Crippen molar-refractivity contribution >= 4 is 17.8 Å². The van der Waals surface area contributed by atoms with Crippen molar-refractivity contribution in [1.82, 2.24) is 9.55 Å². The molecule has 2 heterocycles. The van der Waals surface area contributed by atoms with Crippen LogP contribution in [0, 0.1) is 5.82 Å². The Balaban J connectivity index is 1.76. The lowest BCUT2D eigenvalue weighted by Crippen LogP contribution is -2.36. The predicted octanol–water partition coefficient (Wildman–Crippen LogP) is 0.673. The van der Waals surface area contributed by atoms with Gasteiger partial charge < -0.3 is 20.3 Å². The molecule has 8 nitrogen and oxygen atoms in total. The summed E-state index contributed by atoms with van der Waals surface area (Å²) in [6, 6.07) is 9.00. The van der Waals surface area contributed by atoms with E-state index >= 15 is 0 Å². The first-order chi connectivity index (χ1) is 12.9. The van der Waals surface area contributed by atoms with Gasteiger partial charge in [-0.2, -0.15) is 4.98 Å². The summed E-state index contributed by atoms with van der Waals surface area (Å²) in [5, 5.41) is 21.8. The normalized spacial score (nSPS) is 25.0. The fourth-order valence-electron chi connectivity index (χ4n) is 2.67. The second kappa shape index (κ2) is 7.78. The average Bonchev–Trinajstić information content (AvgIpc) is 2.91. The molecule has 0 spiro atoms. The van der Waals surface area contributed by atoms with E-state index in [1.54, 1.807) is 24.3 Å². The standard InChI is InChI=1S/C18H18FN3O5/c1-10-14(24)15(25)17(27-10)22-9-12(19)16(21-18(22)26)20-13(23)8-7-11-5-3-2-4-6-11/h2-10,14-15,17,24-25H,1H3,(H,20,21,23,26)/b8-7+/t10-,14?,15?,17-/m1/s1. The van der Waals surface area contributed by atoms with Gasteiger partial charge in [0.1, 0.15) is 12.2 Å².